The number of hydrogen-bond donors (Lipinski definition) is 1. The van der Waals surface area contributed by atoms with Gasteiger partial charge >= 0.3 is 0 Å². The van der Waals surface area contributed by atoms with Crippen molar-refractivity contribution < 1.29 is 4.79 Å². The molecule has 29 heavy (non-hydrogen) atoms. The molecule has 0 saturated heterocycles. The van der Waals surface area contributed by atoms with E-state index < -0.39 is 0 Å². The van der Waals surface area contributed by atoms with Crippen LogP contribution in [0.3, 0.4) is 0 Å². The molecule has 1 amide bonds. The fraction of sp³-hybridized carbons (Fsp3) is 0.273. The Labute approximate surface area is 174 Å². The maximum absolute atomic E-state index is 12.7. The topological polar surface area (TPSA) is 73.8 Å². The molecule has 0 atom stereocenters. The third kappa shape index (κ3) is 3.58. The molecule has 148 valence electrons. The largest absolute Gasteiger partial charge is 0.318 e. The quantitative estimate of drug-likeness (QED) is 0.745. The summed E-state index contributed by atoms with van der Waals surface area (Å²) in [6, 6.07) is 12.1. The maximum Gasteiger partial charge on any atom is 0.283 e. The van der Waals surface area contributed by atoms with Crippen molar-refractivity contribution in [2.75, 3.05) is 0 Å². The minimum Gasteiger partial charge on any atom is -0.318 e. The van der Waals surface area contributed by atoms with Gasteiger partial charge in [0.15, 0.2) is 5.84 Å². The van der Waals surface area contributed by atoms with Gasteiger partial charge in [0.05, 0.1) is 5.57 Å². The number of benzene rings is 1. The van der Waals surface area contributed by atoms with Crippen LogP contribution in [-0.2, 0) is 4.79 Å². The average Bonchev–Trinajstić information content (AvgIpc) is 3.18. The van der Waals surface area contributed by atoms with Crippen LogP contribution in [0.1, 0.15) is 37.2 Å². The number of aryl methyl sites for hydroxylation is 1. The lowest BCUT2D eigenvalue weighted by molar-refractivity contribution is -0.114. The summed E-state index contributed by atoms with van der Waals surface area (Å²) in [4.78, 5) is 16.8. The normalized spacial score (nSPS) is 17.8. The Bertz CT molecular complexity index is 1090. The molecular weight excluding hydrogens is 382 g/mol. The number of aromatic nitrogens is 1. The maximum atomic E-state index is 12.7. The van der Waals surface area contributed by atoms with Crippen LogP contribution < -0.4 is 0 Å². The van der Waals surface area contributed by atoms with Gasteiger partial charge in [-0.1, -0.05) is 32.0 Å². The van der Waals surface area contributed by atoms with Gasteiger partial charge in [-0.25, -0.2) is 0 Å². The van der Waals surface area contributed by atoms with Crippen molar-refractivity contribution in [3.05, 3.63) is 58.9 Å². The molecule has 0 radical (unpaired) electrons. The first-order chi connectivity index (χ1) is 13.8. The van der Waals surface area contributed by atoms with Gasteiger partial charge in [-0.15, -0.1) is 0 Å². The molecule has 6 nitrogen and oxygen atoms in total. The van der Waals surface area contributed by atoms with E-state index in [1.165, 1.54) is 16.8 Å². The molecule has 1 aromatic heterocycles. The second-order valence-corrected chi connectivity index (χ2v) is 8.65. The molecule has 0 unspecified atom stereocenters. The number of para-hydroxylation sites is 1. The van der Waals surface area contributed by atoms with Crippen molar-refractivity contribution in [1.82, 2.24) is 9.58 Å². The van der Waals surface area contributed by atoms with E-state index in [0.29, 0.717) is 11.1 Å². The Kier molecular flexibility index (Phi) is 5.00. The molecule has 1 aromatic carbocycles. The highest BCUT2D eigenvalue weighted by Crippen LogP contribution is 2.31. The Morgan fingerprint density at radius 3 is 2.62 bits per heavy atom. The third-order valence-electron chi connectivity index (χ3n) is 4.86. The molecule has 2 aliphatic rings. The Balaban J connectivity index is 1.70. The molecule has 3 heterocycles. The highest BCUT2D eigenvalue weighted by atomic mass is 32.2. The summed E-state index contributed by atoms with van der Waals surface area (Å²) in [6.07, 6.45) is 2.56. The van der Waals surface area contributed by atoms with Crippen molar-refractivity contribution in [2.45, 2.75) is 34.1 Å². The monoisotopic (exact) mass is 405 g/mol. The van der Waals surface area contributed by atoms with Crippen LogP contribution in [0.25, 0.3) is 11.8 Å². The number of rotatable bonds is 4. The first kappa shape index (κ1) is 19.4. The summed E-state index contributed by atoms with van der Waals surface area (Å²) in [7, 11) is 0. The Morgan fingerprint density at radius 1 is 1.21 bits per heavy atom. The molecule has 2 aliphatic heterocycles. The van der Waals surface area contributed by atoms with Crippen LogP contribution in [0, 0.1) is 25.2 Å². The fourth-order valence-electron chi connectivity index (χ4n) is 3.53. The number of amides is 1. The van der Waals surface area contributed by atoms with E-state index >= 15 is 0 Å². The first-order valence-corrected chi connectivity index (χ1v) is 10.4. The highest BCUT2D eigenvalue weighted by molar-refractivity contribution is 8.26. The zero-order chi connectivity index (χ0) is 20.7. The van der Waals surface area contributed by atoms with Crippen molar-refractivity contribution in [1.29, 1.82) is 5.41 Å². The van der Waals surface area contributed by atoms with Crippen LogP contribution in [0.2, 0.25) is 0 Å². The number of hydrazone groups is 1. The number of carbonyl (C=O) groups excluding carboxylic acids is 1. The molecule has 0 fully saturated rings. The molecule has 0 aliphatic carbocycles. The van der Waals surface area contributed by atoms with E-state index in [-0.39, 0.29) is 17.3 Å². The minimum absolute atomic E-state index is 0.0794. The number of carbonyl (C=O) groups is 1. The van der Waals surface area contributed by atoms with Gasteiger partial charge in [-0.2, -0.15) is 15.1 Å². The predicted octanol–water partition coefficient (Wildman–Crippen LogP) is 4.76. The molecule has 0 bridgehead atoms. The van der Waals surface area contributed by atoms with Gasteiger partial charge < -0.3 is 4.57 Å². The van der Waals surface area contributed by atoms with Crippen LogP contribution in [0.15, 0.2) is 52.1 Å². The fourth-order valence-corrected chi connectivity index (χ4v) is 4.62. The van der Waals surface area contributed by atoms with E-state index in [1.807, 2.05) is 50.2 Å². The number of aliphatic imine (C=N–C) groups is 1. The van der Waals surface area contributed by atoms with Crippen molar-refractivity contribution >= 4 is 39.8 Å². The molecule has 7 heteroatoms. The highest BCUT2D eigenvalue weighted by Gasteiger charge is 2.35. The van der Waals surface area contributed by atoms with Crippen LogP contribution >= 0.6 is 11.8 Å². The van der Waals surface area contributed by atoms with E-state index in [1.54, 1.807) is 6.08 Å². The van der Waals surface area contributed by atoms with Gasteiger partial charge in [-0.3, -0.25) is 10.2 Å². The number of fused-ring (bicyclic) bond motifs is 1. The predicted molar refractivity (Wildman–Crippen MR) is 120 cm³/mol. The lowest BCUT2D eigenvalue weighted by Crippen LogP contribution is -2.35. The Hall–Kier alpha value is -2.93. The van der Waals surface area contributed by atoms with E-state index in [0.717, 1.165) is 34.1 Å². The van der Waals surface area contributed by atoms with Crippen LogP contribution in [0.4, 0.5) is 0 Å². The van der Waals surface area contributed by atoms with Crippen LogP contribution in [-0.4, -0.2) is 31.5 Å². The smallest absolute Gasteiger partial charge is 0.283 e. The number of thioether (sulfide) groups is 1. The summed E-state index contributed by atoms with van der Waals surface area (Å²) in [5.74, 6) is 0.140. The van der Waals surface area contributed by atoms with Crippen molar-refractivity contribution in [3.8, 4) is 5.69 Å². The van der Waals surface area contributed by atoms with Gasteiger partial charge in [0.2, 0.25) is 5.17 Å². The molecule has 4 rings (SSSR count). The second kappa shape index (κ2) is 7.48. The first-order valence-electron chi connectivity index (χ1n) is 9.58. The summed E-state index contributed by atoms with van der Waals surface area (Å²) in [5.41, 5.74) is 4.30. The van der Waals surface area contributed by atoms with E-state index in [9.17, 15) is 4.79 Å². The number of nitrogens with one attached hydrogen (secondary N) is 1. The van der Waals surface area contributed by atoms with Crippen molar-refractivity contribution in [2.24, 2.45) is 16.0 Å². The molecule has 0 spiro atoms. The summed E-state index contributed by atoms with van der Waals surface area (Å²) in [5, 5.41) is 15.9. The molecular formula is C22H23N5OS. The summed E-state index contributed by atoms with van der Waals surface area (Å²) < 4.78 is 2.14. The van der Waals surface area contributed by atoms with Gasteiger partial charge in [0, 0.05) is 23.5 Å². The number of amidine groups is 2. The van der Waals surface area contributed by atoms with E-state index in [4.69, 9.17) is 5.41 Å². The number of nitrogens with zero attached hydrogens (tertiary/aromatic N) is 4. The standard InChI is InChI=1S/C22H23N5OS/c1-13(2)10-19-25-27-20(23)18(21(28)24-22(27)29-19)12-16-11-14(3)26(15(16)4)17-8-6-5-7-9-17/h5-9,11-13,23H,10H2,1-4H3. The van der Waals surface area contributed by atoms with E-state index in [2.05, 4.69) is 28.5 Å². The SMILES string of the molecule is Cc1cc(C=C2C(=N)N3N=C(CC(C)C)SC3=NC2=O)c(C)n1-c1ccccc1. The molecule has 2 aromatic rings. The van der Waals surface area contributed by atoms with Gasteiger partial charge in [-0.05, 0) is 61.4 Å². The lowest BCUT2D eigenvalue weighted by Gasteiger charge is -2.20. The summed E-state index contributed by atoms with van der Waals surface area (Å²) in [6.45, 7) is 8.29. The Morgan fingerprint density at radius 2 is 1.93 bits per heavy atom. The zero-order valence-electron chi connectivity index (χ0n) is 16.9. The summed E-state index contributed by atoms with van der Waals surface area (Å²) >= 11 is 1.38. The number of hydrogen-bond acceptors (Lipinski definition) is 4. The average molecular weight is 406 g/mol. The van der Waals surface area contributed by atoms with Gasteiger partial charge in [0.25, 0.3) is 5.91 Å². The lowest BCUT2D eigenvalue weighted by atomic mass is 10.1. The minimum atomic E-state index is -0.390. The van der Waals surface area contributed by atoms with Gasteiger partial charge in [0.1, 0.15) is 5.04 Å². The second-order valence-electron chi connectivity index (χ2n) is 7.61. The van der Waals surface area contributed by atoms with Crippen molar-refractivity contribution in [3.63, 3.8) is 0 Å². The molecule has 1 N–H and O–H groups in total. The zero-order valence-corrected chi connectivity index (χ0v) is 17.7. The molecule has 0 saturated carbocycles. The third-order valence-corrected chi connectivity index (χ3v) is 5.79. The van der Waals surface area contributed by atoms with Crippen LogP contribution in [0.5, 0.6) is 0 Å².